The Labute approximate surface area is 116 Å². The van der Waals surface area contributed by atoms with Crippen LogP contribution in [0.3, 0.4) is 0 Å². The number of hydrogen-bond donors (Lipinski definition) is 2. The first-order valence-electron chi connectivity index (χ1n) is 6.08. The number of benzene rings is 1. The second-order valence-electron chi connectivity index (χ2n) is 4.09. The quantitative estimate of drug-likeness (QED) is 0.694. The molecule has 0 spiro atoms. The van der Waals surface area contributed by atoms with Gasteiger partial charge in [-0.2, -0.15) is 0 Å². The Morgan fingerprint density at radius 3 is 2.95 bits per heavy atom. The first-order valence-corrected chi connectivity index (χ1v) is 7.57. The highest BCUT2D eigenvalue weighted by atomic mass is 32.2. The Hall–Kier alpha value is -1.24. The molecule has 0 fully saturated rings. The minimum atomic E-state index is -1.15. The fraction of sp³-hybridized carbons (Fsp3) is 0.462. The Morgan fingerprint density at radius 1 is 1.47 bits per heavy atom. The summed E-state index contributed by atoms with van der Waals surface area (Å²) in [6, 6.07) is 7.31. The predicted octanol–water partition coefficient (Wildman–Crippen LogP) is 0.869. The van der Waals surface area contributed by atoms with Crippen LogP contribution < -0.4 is 11.1 Å². The molecule has 1 aromatic rings. The van der Waals surface area contributed by atoms with E-state index in [9.17, 15) is 9.00 Å². The summed E-state index contributed by atoms with van der Waals surface area (Å²) in [6.45, 7) is 0.985. The van der Waals surface area contributed by atoms with Crippen molar-refractivity contribution in [2.45, 2.75) is 13.0 Å². The molecule has 0 radical (unpaired) electrons. The van der Waals surface area contributed by atoms with Gasteiger partial charge in [0.25, 0.3) is 0 Å². The number of carbonyl (C=O) groups is 1. The Morgan fingerprint density at radius 2 is 2.26 bits per heavy atom. The standard InChI is InChI=1S/C13H20N2O3S/c1-18-6-3-7-19(17)10-13(16)15-12-5-2-4-11(8-12)9-14/h2,4-5,8H,3,6-7,9-10,14H2,1H3,(H,15,16). The first-order chi connectivity index (χ1) is 9.15. The lowest BCUT2D eigenvalue weighted by Crippen LogP contribution is -2.21. The predicted molar refractivity (Wildman–Crippen MR) is 77.3 cm³/mol. The van der Waals surface area contributed by atoms with Gasteiger partial charge in [-0.25, -0.2) is 0 Å². The van der Waals surface area contributed by atoms with E-state index in [1.165, 1.54) is 0 Å². The molecule has 0 heterocycles. The molecule has 0 saturated heterocycles. The molecule has 106 valence electrons. The van der Waals surface area contributed by atoms with Gasteiger partial charge in [-0.3, -0.25) is 9.00 Å². The lowest BCUT2D eigenvalue weighted by molar-refractivity contribution is -0.113. The number of nitrogens with two attached hydrogens (primary N) is 1. The van der Waals surface area contributed by atoms with E-state index < -0.39 is 10.8 Å². The van der Waals surface area contributed by atoms with Crippen LogP contribution in [-0.4, -0.2) is 35.3 Å². The molecule has 1 amide bonds. The zero-order valence-corrected chi connectivity index (χ0v) is 11.9. The van der Waals surface area contributed by atoms with Crippen LogP contribution in [0.4, 0.5) is 5.69 Å². The van der Waals surface area contributed by atoms with Gasteiger partial charge in [-0.05, 0) is 24.1 Å². The summed E-state index contributed by atoms with van der Waals surface area (Å²) in [7, 11) is 0.448. The summed E-state index contributed by atoms with van der Waals surface area (Å²) in [6.07, 6.45) is 0.694. The molecule has 1 unspecified atom stereocenters. The molecule has 0 aliphatic heterocycles. The van der Waals surface area contributed by atoms with E-state index in [1.807, 2.05) is 18.2 Å². The Balaban J connectivity index is 2.39. The molecule has 0 saturated carbocycles. The van der Waals surface area contributed by atoms with Crippen LogP contribution in [0, 0.1) is 0 Å². The van der Waals surface area contributed by atoms with Crippen LogP contribution in [0.1, 0.15) is 12.0 Å². The van der Waals surface area contributed by atoms with Gasteiger partial charge in [-0.15, -0.1) is 0 Å². The lowest BCUT2D eigenvalue weighted by Gasteiger charge is -2.06. The summed E-state index contributed by atoms with van der Waals surface area (Å²) in [5.74, 6) is 0.241. The van der Waals surface area contributed by atoms with Crippen LogP contribution in [0.2, 0.25) is 0 Å². The van der Waals surface area contributed by atoms with Crippen LogP contribution in [0.25, 0.3) is 0 Å². The second-order valence-corrected chi connectivity index (χ2v) is 5.66. The average molecular weight is 284 g/mol. The SMILES string of the molecule is COCCCS(=O)CC(=O)Nc1cccc(CN)c1. The Kier molecular flexibility index (Phi) is 7.32. The average Bonchev–Trinajstić information content (AvgIpc) is 2.39. The third kappa shape index (κ3) is 6.47. The van der Waals surface area contributed by atoms with Gasteiger partial charge in [-0.1, -0.05) is 12.1 Å². The number of nitrogens with one attached hydrogen (secondary N) is 1. The van der Waals surface area contributed by atoms with Crippen molar-refractivity contribution in [3.05, 3.63) is 29.8 Å². The second kappa shape index (κ2) is 8.79. The highest BCUT2D eigenvalue weighted by molar-refractivity contribution is 7.85. The molecule has 6 heteroatoms. The fourth-order valence-corrected chi connectivity index (χ4v) is 2.50. The maximum absolute atomic E-state index is 11.7. The van der Waals surface area contributed by atoms with Gasteiger partial charge in [0.05, 0.1) is 0 Å². The summed E-state index contributed by atoms with van der Waals surface area (Å²) >= 11 is 0. The first kappa shape index (κ1) is 15.8. The molecule has 0 aliphatic carbocycles. The van der Waals surface area contributed by atoms with E-state index in [-0.39, 0.29) is 11.7 Å². The monoisotopic (exact) mass is 284 g/mol. The summed E-state index contributed by atoms with van der Waals surface area (Å²) < 4.78 is 16.5. The van der Waals surface area contributed by atoms with Gasteiger partial charge < -0.3 is 15.8 Å². The van der Waals surface area contributed by atoms with Crippen LogP contribution in [0.5, 0.6) is 0 Å². The molecule has 1 aromatic carbocycles. The largest absolute Gasteiger partial charge is 0.385 e. The summed E-state index contributed by atoms with van der Waals surface area (Å²) in [4.78, 5) is 11.7. The molecule has 1 atom stereocenters. The normalized spacial score (nSPS) is 12.1. The van der Waals surface area contributed by atoms with Crippen molar-refractivity contribution in [1.29, 1.82) is 0 Å². The number of rotatable bonds is 8. The van der Waals surface area contributed by atoms with Gasteiger partial charge in [0.1, 0.15) is 5.75 Å². The molecule has 1 rings (SSSR count). The maximum atomic E-state index is 11.7. The van der Waals surface area contributed by atoms with E-state index in [0.29, 0.717) is 31.0 Å². The number of amides is 1. The lowest BCUT2D eigenvalue weighted by atomic mass is 10.2. The summed E-state index contributed by atoms with van der Waals surface area (Å²) in [5.41, 5.74) is 7.15. The van der Waals surface area contributed by atoms with Gasteiger partial charge >= 0.3 is 0 Å². The minimum Gasteiger partial charge on any atom is -0.385 e. The molecular weight excluding hydrogens is 264 g/mol. The maximum Gasteiger partial charge on any atom is 0.236 e. The molecule has 5 nitrogen and oxygen atoms in total. The topological polar surface area (TPSA) is 81.4 Å². The highest BCUT2D eigenvalue weighted by Crippen LogP contribution is 2.10. The number of hydrogen-bond acceptors (Lipinski definition) is 4. The molecular formula is C13H20N2O3S. The van der Waals surface area contributed by atoms with E-state index in [4.69, 9.17) is 10.5 Å². The van der Waals surface area contributed by atoms with Crippen molar-refractivity contribution in [2.24, 2.45) is 5.73 Å². The number of anilines is 1. The van der Waals surface area contributed by atoms with Gasteiger partial charge in [0.2, 0.25) is 5.91 Å². The molecule has 19 heavy (non-hydrogen) atoms. The van der Waals surface area contributed by atoms with Crippen molar-refractivity contribution < 1.29 is 13.7 Å². The summed E-state index contributed by atoms with van der Waals surface area (Å²) in [5, 5.41) is 2.72. The smallest absolute Gasteiger partial charge is 0.236 e. The van der Waals surface area contributed by atoms with Crippen molar-refractivity contribution in [1.82, 2.24) is 0 Å². The molecule has 0 aliphatic rings. The van der Waals surface area contributed by atoms with Crippen molar-refractivity contribution >= 4 is 22.4 Å². The zero-order chi connectivity index (χ0) is 14.1. The van der Waals surface area contributed by atoms with E-state index >= 15 is 0 Å². The molecule has 0 aromatic heterocycles. The number of ether oxygens (including phenoxy) is 1. The van der Waals surface area contributed by atoms with E-state index in [1.54, 1.807) is 13.2 Å². The minimum absolute atomic E-state index is 0.0105. The van der Waals surface area contributed by atoms with Crippen LogP contribution in [0.15, 0.2) is 24.3 Å². The van der Waals surface area contributed by atoms with Gasteiger partial charge in [0, 0.05) is 42.5 Å². The van der Waals surface area contributed by atoms with E-state index in [2.05, 4.69) is 5.32 Å². The van der Waals surface area contributed by atoms with Crippen LogP contribution >= 0.6 is 0 Å². The Bertz CT molecular complexity index is 438. The molecule has 0 bridgehead atoms. The zero-order valence-electron chi connectivity index (χ0n) is 11.1. The van der Waals surface area contributed by atoms with Crippen molar-refractivity contribution in [2.75, 3.05) is 30.5 Å². The third-order valence-corrected chi connectivity index (χ3v) is 3.79. The van der Waals surface area contributed by atoms with Crippen LogP contribution in [-0.2, 0) is 26.9 Å². The third-order valence-electron chi connectivity index (χ3n) is 2.46. The van der Waals surface area contributed by atoms with E-state index in [0.717, 1.165) is 5.56 Å². The molecule has 3 N–H and O–H groups in total. The van der Waals surface area contributed by atoms with Crippen molar-refractivity contribution in [3.8, 4) is 0 Å². The number of methoxy groups -OCH3 is 1. The highest BCUT2D eigenvalue weighted by Gasteiger charge is 2.08. The van der Waals surface area contributed by atoms with Crippen molar-refractivity contribution in [3.63, 3.8) is 0 Å². The van der Waals surface area contributed by atoms with Gasteiger partial charge in [0.15, 0.2) is 0 Å². The number of carbonyl (C=O) groups excluding carboxylic acids is 1. The fourth-order valence-electron chi connectivity index (χ4n) is 1.56.